The summed E-state index contributed by atoms with van der Waals surface area (Å²) in [7, 11) is 0. The van der Waals surface area contributed by atoms with E-state index in [2.05, 4.69) is 0 Å². The Balaban J connectivity index is 0. The second-order valence-electron chi connectivity index (χ2n) is 0. The average molecular weight is 134 g/mol. The summed E-state index contributed by atoms with van der Waals surface area (Å²) in [5, 5.41) is 0. The van der Waals surface area contributed by atoms with Crippen LogP contribution in [0.4, 0.5) is 0 Å². The van der Waals surface area contributed by atoms with Crippen LogP contribution in [0.25, 0.3) is 0 Å². The van der Waals surface area contributed by atoms with E-state index in [9.17, 15) is 0 Å². The van der Waals surface area contributed by atoms with Gasteiger partial charge < -0.3 is 24.8 Å². The van der Waals surface area contributed by atoms with Gasteiger partial charge in [0.2, 0.25) is 0 Å². The molecule has 16 valence electrons. The summed E-state index contributed by atoms with van der Waals surface area (Å²) in [6.07, 6.45) is 0. The molecule has 0 unspecified atom stereocenters. The van der Waals surface area contributed by atoms with Crippen LogP contribution in [0.2, 0.25) is 0 Å². The summed E-state index contributed by atoms with van der Waals surface area (Å²) >= 11 is 0. The molecule has 0 aromatic rings. The molecule has 0 aromatic carbocycles. The van der Waals surface area contributed by atoms with Gasteiger partial charge in [-0.3, -0.25) is 0 Å². The fourth-order valence-corrected chi connectivity index (χ4v) is 0. The van der Waals surface area contributed by atoms with Gasteiger partial charge in [-0.25, -0.2) is 0 Å². The van der Waals surface area contributed by atoms with E-state index in [1.165, 1.54) is 0 Å². The van der Waals surface area contributed by atoms with Crippen molar-refractivity contribution in [2.24, 2.45) is 0 Å². The van der Waals surface area contributed by atoms with Crippen molar-refractivity contribution >= 4 is 37.7 Å². The van der Waals surface area contributed by atoms with Crippen LogP contribution in [0.1, 0.15) is 0 Å². The van der Waals surface area contributed by atoms with E-state index in [0.29, 0.717) is 0 Å². The first-order valence-electron chi connectivity index (χ1n) is 0. The van der Waals surface area contributed by atoms with E-state index >= 15 is 0 Å². The molecule has 0 spiro atoms. The zero-order valence-corrected chi connectivity index (χ0v) is 8.18. The fourth-order valence-electron chi connectivity index (χ4n) is 0. The molecule has 0 amide bonds. The molecule has 4 heteroatoms. The number of halogens is 2. The Bertz CT molecular complexity index is 6.00. The molecule has 0 radical (unpaired) electrons. The summed E-state index contributed by atoms with van der Waals surface area (Å²) in [5.74, 6) is 0. The number of hydrogen-bond donors (Lipinski definition) is 0. The Hall–Kier alpha value is 2.84. The normalized spacial score (nSPS) is 0. The molecule has 0 aliphatic rings. The zero-order chi connectivity index (χ0) is 0. The van der Waals surface area contributed by atoms with Crippen molar-refractivity contribution in [3.8, 4) is 0 Å². The number of rotatable bonds is 0. The van der Waals surface area contributed by atoms with E-state index in [1.54, 1.807) is 0 Å². The molecular formula is CaCl2Na+. The van der Waals surface area contributed by atoms with E-state index in [4.69, 9.17) is 0 Å². The summed E-state index contributed by atoms with van der Waals surface area (Å²) in [5.41, 5.74) is 0. The minimum atomic E-state index is 0. The quantitative estimate of drug-likeness (QED) is 0.288. The van der Waals surface area contributed by atoms with Gasteiger partial charge in [0.05, 0.1) is 0 Å². The van der Waals surface area contributed by atoms with E-state index in [0.717, 1.165) is 0 Å². The van der Waals surface area contributed by atoms with Crippen LogP contribution in [0.5, 0.6) is 0 Å². The molecule has 0 aliphatic heterocycles. The first-order chi connectivity index (χ1) is 0. The molecule has 0 N–H and O–H groups in total. The monoisotopic (exact) mass is 133 g/mol. The summed E-state index contributed by atoms with van der Waals surface area (Å²) in [4.78, 5) is 0. The molecule has 0 heterocycles. The van der Waals surface area contributed by atoms with Gasteiger partial charge in [-0.15, -0.1) is 0 Å². The van der Waals surface area contributed by atoms with Gasteiger partial charge in [0.25, 0.3) is 0 Å². The minimum Gasteiger partial charge on any atom is -1.00 e. The smallest absolute Gasteiger partial charge is 1.00 e. The van der Waals surface area contributed by atoms with Crippen molar-refractivity contribution in [3.63, 3.8) is 0 Å². The van der Waals surface area contributed by atoms with Crippen LogP contribution in [-0.2, 0) is 0 Å². The van der Waals surface area contributed by atoms with Gasteiger partial charge in [-0.2, -0.15) is 0 Å². The topological polar surface area (TPSA) is 0 Å². The second-order valence-corrected chi connectivity index (χ2v) is 0. The molecule has 0 nitrogen and oxygen atoms in total. The maximum absolute atomic E-state index is 0. The first-order valence-corrected chi connectivity index (χ1v) is 0. The largest absolute Gasteiger partial charge is 2.00 e. The third kappa shape index (κ3) is 8.85. The van der Waals surface area contributed by atoms with Gasteiger partial charge in [0.15, 0.2) is 0 Å². The standard InChI is InChI=1S/Ca.2ClH.Na/h;2*1H;/q+2;;;+1/p-2. The maximum atomic E-state index is 0. The zero-order valence-electron chi connectivity index (χ0n) is 2.46. The Morgan fingerprint density at radius 1 is 0.750 bits per heavy atom. The van der Waals surface area contributed by atoms with Crippen LogP contribution in [-0.4, -0.2) is 37.7 Å². The summed E-state index contributed by atoms with van der Waals surface area (Å²) in [6, 6.07) is 0. The Labute approximate surface area is 90.2 Å². The number of hydrogen-bond acceptors (Lipinski definition) is 0. The molecule has 0 aliphatic carbocycles. The first kappa shape index (κ1) is 28.9. The van der Waals surface area contributed by atoms with Crippen molar-refractivity contribution in [1.82, 2.24) is 0 Å². The van der Waals surface area contributed by atoms with Crippen LogP contribution in [0, 0.1) is 0 Å². The van der Waals surface area contributed by atoms with Gasteiger partial charge in [-0.05, 0) is 0 Å². The molecular weight excluding hydrogens is 134 g/mol. The maximum Gasteiger partial charge on any atom is 2.00 e. The second kappa shape index (κ2) is 17.0. The minimum absolute atomic E-state index is 0. The van der Waals surface area contributed by atoms with Gasteiger partial charge in [0.1, 0.15) is 0 Å². The Morgan fingerprint density at radius 3 is 0.750 bits per heavy atom. The van der Waals surface area contributed by atoms with Crippen LogP contribution in [0.15, 0.2) is 0 Å². The summed E-state index contributed by atoms with van der Waals surface area (Å²) in [6.45, 7) is 0. The fraction of sp³-hybridized carbons (Fsp3) is 0. The van der Waals surface area contributed by atoms with Crippen LogP contribution >= 0.6 is 0 Å². The predicted octanol–water partition coefficient (Wildman–Crippen LogP) is -9.37. The summed E-state index contributed by atoms with van der Waals surface area (Å²) < 4.78 is 0. The SMILES string of the molecule is [Ca+2].[Cl-].[Cl-].[Na+]. The predicted molar refractivity (Wildman–Crippen MR) is 5.75 cm³/mol. The Morgan fingerprint density at radius 2 is 0.750 bits per heavy atom. The molecule has 0 rings (SSSR count). The van der Waals surface area contributed by atoms with E-state index < -0.39 is 0 Å². The van der Waals surface area contributed by atoms with Gasteiger partial charge in [0, 0.05) is 0 Å². The molecule has 0 bridgehead atoms. The average Bonchev–Trinajstić information content (AvgIpc) is 0. The van der Waals surface area contributed by atoms with E-state index in [1.807, 2.05) is 0 Å². The van der Waals surface area contributed by atoms with Crippen molar-refractivity contribution in [3.05, 3.63) is 0 Å². The third-order valence-electron chi connectivity index (χ3n) is 0. The van der Waals surface area contributed by atoms with Crippen molar-refractivity contribution in [2.45, 2.75) is 0 Å². The molecule has 0 aromatic heterocycles. The van der Waals surface area contributed by atoms with Gasteiger partial charge in [-0.1, -0.05) is 0 Å². The third-order valence-corrected chi connectivity index (χ3v) is 0. The van der Waals surface area contributed by atoms with Crippen molar-refractivity contribution < 1.29 is 54.4 Å². The molecule has 0 saturated heterocycles. The molecule has 0 atom stereocenters. The van der Waals surface area contributed by atoms with Crippen molar-refractivity contribution in [1.29, 1.82) is 0 Å². The molecule has 0 saturated carbocycles. The molecule has 0 fully saturated rings. The van der Waals surface area contributed by atoms with Crippen LogP contribution in [0.3, 0.4) is 0 Å². The van der Waals surface area contributed by atoms with Crippen molar-refractivity contribution in [2.75, 3.05) is 0 Å². The Kier molecular flexibility index (Phi) is 123. The van der Waals surface area contributed by atoms with Crippen LogP contribution < -0.4 is 54.4 Å². The van der Waals surface area contributed by atoms with Gasteiger partial charge >= 0.3 is 67.3 Å². The van der Waals surface area contributed by atoms with E-state index in [-0.39, 0.29) is 92.1 Å². The molecule has 4 heavy (non-hydrogen) atoms.